The Morgan fingerprint density at radius 3 is 2.48 bits per heavy atom. The number of likely N-dealkylation sites (N-methyl/N-ethyl adjacent to an activating group) is 1. The van der Waals surface area contributed by atoms with Crippen LogP contribution in [0.25, 0.3) is 17.3 Å². The lowest BCUT2D eigenvalue weighted by Crippen LogP contribution is -2.48. The van der Waals surface area contributed by atoms with Gasteiger partial charge in [-0.3, -0.25) is 19.1 Å². The predicted octanol–water partition coefficient (Wildman–Crippen LogP) is 0.580. The van der Waals surface area contributed by atoms with Gasteiger partial charge < -0.3 is 14.5 Å². The number of rotatable bonds is 4. The summed E-state index contributed by atoms with van der Waals surface area (Å²) in [5.41, 5.74) is 0.808. The van der Waals surface area contributed by atoms with Crippen LogP contribution in [-0.4, -0.2) is 65.6 Å². The van der Waals surface area contributed by atoms with Crippen molar-refractivity contribution in [1.82, 2.24) is 19.4 Å². The quantitative estimate of drug-likeness (QED) is 0.565. The number of benzene rings is 1. The van der Waals surface area contributed by atoms with Crippen LogP contribution in [0.15, 0.2) is 53.5 Å². The molecule has 3 aromatic rings. The van der Waals surface area contributed by atoms with Crippen LogP contribution in [0.3, 0.4) is 0 Å². The highest BCUT2D eigenvalue weighted by Crippen LogP contribution is 2.13. The molecule has 1 saturated heterocycles. The van der Waals surface area contributed by atoms with Crippen molar-refractivity contribution >= 4 is 28.9 Å². The Morgan fingerprint density at radius 2 is 1.88 bits per heavy atom. The molecule has 3 heterocycles. The summed E-state index contributed by atoms with van der Waals surface area (Å²) >= 11 is 1.12. The van der Waals surface area contributed by atoms with Crippen LogP contribution >= 0.6 is 11.3 Å². The number of thiazole rings is 1. The van der Waals surface area contributed by atoms with Gasteiger partial charge in [0, 0.05) is 32.4 Å². The fourth-order valence-electron chi connectivity index (χ4n) is 3.57. The topological polar surface area (TPSA) is 91.5 Å². The minimum atomic E-state index is -0.363. The Kier molecular flexibility index (Phi) is 6.68. The summed E-state index contributed by atoms with van der Waals surface area (Å²) in [6, 6.07) is 14.4. The van der Waals surface area contributed by atoms with Crippen molar-refractivity contribution in [3.8, 4) is 17.5 Å². The van der Waals surface area contributed by atoms with E-state index in [0.29, 0.717) is 39.4 Å². The van der Waals surface area contributed by atoms with Gasteiger partial charge >= 0.3 is 0 Å². The molecule has 33 heavy (non-hydrogen) atoms. The van der Waals surface area contributed by atoms with Crippen molar-refractivity contribution in [2.75, 3.05) is 40.3 Å². The molecule has 168 valence electrons. The molecule has 1 aliphatic rings. The van der Waals surface area contributed by atoms with Gasteiger partial charge in [0.15, 0.2) is 5.57 Å². The van der Waals surface area contributed by atoms with E-state index < -0.39 is 0 Å². The first kappa shape index (κ1) is 22.5. The number of piperazine rings is 1. The first-order chi connectivity index (χ1) is 16.0. The van der Waals surface area contributed by atoms with Crippen molar-refractivity contribution in [1.29, 1.82) is 5.26 Å². The molecule has 1 aromatic carbocycles. The van der Waals surface area contributed by atoms with Crippen LogP contribution in [0.1, 0.15) is 5.69 Å². The summed E-state index contributed by atoms with van der Waals surface area (Å²) in [5.74, 6) is 0.278. The number of nitriles is 1. The van der Waals surface area contributed by atoms with E-state index in [1.165, 1.54) is 4.57 Å². The van der Waals surface area contributed by atoms with Gasteiger partial charge in [-0.15, -0.1) is 11.3 Å². The van der Waals surface area contributed by atoms with Crippen LogP contribution in [-0.2, 0) is 4.79 Å². The summed E-state index contributed by atoms with van der Waals surface area (Å²) in [6.45, 7) is 2.54. The number of carbonyl (C=O) groups excluding carboxylic acids is 1. The number of carbonyl (C=O) groups is 1. The maximum atomic E-state index is 13.4. The Bertz CT molecular complexity index is 1360. The molecular weight excluding hydrogens is 438 g/mol. The second-order valence-corrected chi connectivity index (χ2v) is 8.62. The largest absolute Gasteiger partial charge is 0.497 e. The third kappa shape index (κ3) is 4.72. The first-order valence-corrected chi connectivity index (χ1v) is 11.2. The fourth-order valence-corrected chi connectivity index (χ4v) is 4.65. The Hall–Kier alpha value is -3.74. The number of amides is 1. The van der Waals surface area contributed by atoms with Gasteiger partial charge in [0.05, 0.1) is 23.0 Å². The van der Waals surface area contributed by atoms with Crippen molar-refractivity contribution in [2.45, 2.75) is 0 Å². The molecule has 0 spiro atoms. The molecule has 9 heteroatoms. The van der Waals surface area contributed by atoms with E-state index in [1.54, 1.807) is 60.7 Å². The number of hydrogen-bond donors (Lipinski definition) is 0. The van der Waals surface area contributed by atoms with Gasteiger partial charge in [-0.25, -0.2) is 0 Å². The van der Waals surface area contributed by atoms with E-state index >= 15 is 0 Å². The van der Waals surface area contributed by atoms with E-state index in [2.05, 4.69) is 16.0 Å². The van der Waals surface area contributed by atoms with Crippen LogP contribution in [0.4, 0.5) is 0 Å². The third-order valence-electron chi connectivity index (χ3n) is 5.45. The van der Waals surface area contributed by atoms with Crippen LogP contribution in [0, 0.1) is 11.3 Å². The monoisotopic (exact) mass is 461 g/mol. The first-order valence-electron chi connectivity index (χ1n) is 10.4. The number of nitrogens with zero attached hydrogens (tertiary/aromatic N) is 5. The molecule has 0 bridgehead atoms. The number of hydrogen-bond acceptors (Lipinski definition) is 7. The van der Waals surface area contributed by atoms with Crippen molar-refractivity contribution in [3.63, 3.8) is 0 Å². The maximum Gasteiger partial charge on any atom is 0.273 e. The molecule has 4 rings (SSSR count). The van der Waals surface area contributed by atoms with Gasteiger partial charge in [0.2, 0.25) is 0 Å². The highest BCUT2D eigenvalue weighted by Gasteiger charge is 2.25. The Labute approximate surface area is 194 Å². The second-order valence-electron chi connectivity index (χ2n) is 7.59. The SMILES string of the molecule is COc1ccc(-n2c(=O)/c(=C\c3ccccn3)s/c2=C(/C#N)C(=O)N2CCN(C)CC2)cc1. The zero-order valence-corrected chi connectivity index (χ0v) is 19.2. The lowest BCUT2D eigenvalue weighted by Gasteiger charge is -2.32. The molecule has 0 saturated carbocycles. The molecule has 2 aromatic heterocycles. The van der Waals surface area contributed by atoms with Crippen molar-refractivity contribution < 1.29 is 9.53 Å². The van der Waals surface area contributed by atoms with Gasteiger partial charge in [-0.2, -0.15) is 5.26 Å². The molecular formula is C24H23N5O3S. The van der Waals surface area contributed by atoms with Gasteiger partial charge in [0.1, 0.15) is 16.5 Å². The van der Waals surface area contributed by atoms with E-state index in [9.17, 15) is 14.9 Å². The molecule has 0 unspecified atom stereocenters. The Morgan fingerprint density at radius 1 is 1.15 bits per heavy atom. The van der Waals surface area contributed by atoms with Gasteiger partial charge in [0.25, 0.3) is 11.5 Å². The van der Waals surface area contributed by atoms with Gasteiger partial charge in [-0.1, -0.05) is 6.07 Å². The smallest absolute Gasteiger partial charge is 0.273 e. The summed E-state index contributed by atoms with van der Waals surface area (Å²) in [6.07, 6.45) is 3.32. The summed E-state index contributed by atoms with van der Waals surface area (Å²) in [4.78, 5) is 34.8. The van der Waals surface area contributed by atoms with E-state index in [1.807, 2.05) is 13.1 Å². The number of methoxy groups -OCH3 is 1. The van der Waals surface area contributed by atoms with Crippen LogP contribution < -0.4 is 19.5 Å². The summed E-state index contributed by atoms with van der Waals surface area (Å²) in [7, 11) is 3.56. The van der Waals surface area contributed by atoms with E-state index in [4.69, 9.17) is 4.74 Å². The minimum absolute atomic E-state index is 0.0434. The van der Waals surface area contributed by atoms with Crippen molar-refractivity contribution in [2.24, 2.45) is 0 Å². The maximum absolute atomic E-state index is 13.4. The minimum Gasteiger partial charge on any atom is -0.497 e. The average Bonchev–Trinajstić information content (AvgIpc) is 3.16. The lowest BCUT2D eigenvalue weighted by molar-refractivity contribution is -0.126. The normalized spacial score (nSPS) is 15.8. The number of ether oxygens (including phenoxy) is 1. The predicted molar refractivity (Wildman–Crippen MR) is 127 cm³/mol. The highest BCUT2D eigenvalue weighted by atomic mass is 32.1. The molecule has 8 nitrogen and oxygen atoms in total. The Balaban J connectivity index is 1.94. The second kappa shape index (κ2) is 9.81. The lowest BCUT2D eigenvalue weighted by atomic mass is 10.2. The molecule has 1 aliphatic heterocycles. The van der Waals surface area contributed by atoms with Gasteiger partial charge in [-0.05, 0) is 49.5 Å². The number of aromatic nitrogens is 2. The van der Waals surface area contributed by atoms with Crippen LogP contribution in [0.2, 0.25) is 0 Å². The van der Waals surface area contributed by atoms with E-state index in [0.717, 1.165) is 24.4 Å². The zero-order chi connectivity index (χ0) is 23.4. The standard InChI is InChI=1S/C24H23N5O3S/c1-27-11-13-28(14-12-27)22(30)20(16-25)24-29(18-6-8-19(32-2)9-7-18)23(31)21(33-24)15-17-5-3-4-10-26-17/h3-10,15H,11-14H2,1-2H3/b21-15+,24-20-. The molecule has 1 fully saturated rings. The molecule has 0 atom stereocenters. The van der Waals surface area contributed by atoms with E-state index in [-0.39, 0.29) is 17.0 Å². The average molecular weight is 462 g/mol. The molecule has 1 amide bonds. The molecule has 0 radical (unpaired) electrons. The molecule has 0 aliphatic carbocycles. The number of pyridine rings is 1. The summed E-state index contributed by atoms with van der Waals surface area (Å²) < 4.78 is 7.34. The third-order valence-corrected chi connectivity index (χ3v) is 6.54. The van der Waals surface area contributed by atoms with Crippen LogP contribution in [0.5, 0.6) is 5.75 Å². The summed E-state index contributed by atoms with van der Waals surface area (Å²) in [5, 5.41) is 9.98. The fraction of sp³-hybridized carbons (Fsp3) is 0.250. The highest BCUT2D eigenvalue weighted by molar-refractivity contribution is 7.07. The molecule has 0 N–H and O–H groups in total. The van der Waals surface area contributed by atoms with Crippen molar-refractivity contribution in [3.05, 3.63) is 73.9 Å². The zero-order valence-electron chi connectivity index (χ0n) is 18.4.